The van der Waals surface area contributed by atoms with Crippen molar-refractivity contribution in [3.8, 4) is 0 Å². The lowest BCUT2D eigenvalue weighted by molar-refractivity contribution is 0.0678. The van der Waals surface area contributed by atoms with Crippen molar-refractivity contribution in [2.45, 2.75) is 12.8 Å². The Morgan fingerprint density at radius 2 is 2.33 bits per heavy atom. The first kappa shape index (κ1) is 13.8. The maximum atomic E-state index is 12.4. The summed E-state index contributed by atoms with van der Waals surface area (Å²) in [4.78, 5) is 14.3. The first-order valence-electron chi connectivity index (χ1n) is 6.06. The third-order valence-electron chi connectivity index (χ3n) is 3.30. The Labute approximate surface area is 120 Å². The topological polar surface area (TPSA) is 46.3 Å². The van der Waals surface area contributed by atoms with E-state index < -0.39 is 0 Å². The molecule has 1 aliphatic heterocycles. The van der Waals surface area contributed by atoms with Gasteiger partial charge in [0.15, 0.2) is 0 Å². The summed E-state index contributed by atoms with van der Waals surface area (Å²) in [6.07, 6.45) is 2.12. The summed E-state index contributed by atoms with van der Waals surface area (Å²) >= 11 is 9.45. The third-order valence-corrected chi connectivity index (χ3v) is 4.12. The Bertz CT molecular complexity index is 453. The average Bonchev–Trinajstić information content (AvgIpc) is 2.41. The second kappa shape index (κ2) is 6.04. The third kappa shape index (κ3) is 3.05. The minimum atomic E-state index is -0.000509. The van der Waals surface area contributed by atoms with Gasteiger partial charge in [-0.2, -0.15) is 0 Å². The number of hydrogen-bond acceptors (Lipinski definition) is 2. The van der Waals surface area contributed by atoms with Crippen molar-refractivity contribution < 1.29 is 4.79 Å². The van der Waals surface area contributed by atoms with Gasteiger partial charge in [-0.15, -0.1) is 0 Å². The fraction of sp³-hybridized carbons (Fsp3) is 0.462. The first-order valence-corrected chi connectivity index (χ1v) is 7.23. The van der Waals surface area contributed by atoms with Crippen molar-refractivity contribution in [1.29, 1.82) is 0 Å². The van der Waals surface area contributed by atoms with E-state index in [1.54, 1.807) is 12.1 Å². The van der Waals surface area contributed by atoms with Gasteiger partial charge in [-0.25, -0.2) is 0 Å². The summed E-state index contributed by atoms with van der Waals surface area (Å²) in [5.41, 5.74) is 6.25. The normalized spacial score (nSPS) is 19.9. The van der Waals surface area contributed by atoms with Gasteiger partial charge in [0.05, 0.1) is 10.6 Å². The van der Waals surface area contributed by atoms with Crippen LogP contribution < -0.4 is 5.73 Å². The lowest BCUT2D eigenvalue weighted by Crippen LogP contribution is -2.42. The van der Waals surface area contributed by atoms with Gasteiger partial charge >= 0.3 is 0 Å². The van der Waals surface area contributed by atoms with Crippen molar-refractivity contribution in [1.82, 2.24) is 4.90 Å². The van der Waals surface area contributed by atoms with E-state index in [-0.39, 0.29) is 5.91 Å². The molecule has 1 fully saturated rings. The van der Waals surface area contributed by atoms with Gasteiger partial charge in [-0.05, 0) is 43.5 Å². The molecule has 0 bridgehead atoms. The van der Waals surface area contributed by atoms with Crippen LogP contribution in [0.3, 0.4) is 0 Å². The smallest absolute Gasteiger partial charge is 0.255 e. The summed E-state index contributed by atoms with van der Waals surface area (Å²) < 4.78 is 0.864. The molecular formula is C13H16BrClN2O. The quantitative estimate of drug-likeness (QED) is 0.905. The molecule has 1 aromatic rings. The fourth-order valence-corrected chi connectivity index (χ4v) is 2.83. The van der Waals surface area contributed by atoms with Crippen molar-refractivity contribution in [3.05, 3.63) is 33.3 Å². The zero-order valence-corrected chi connectivity index (χ0v) is 12.4. The molecule has 1 heterocycles. The number of halogens is 2. The van der Waals surface area contributed by atoms with Gasteiger partial charge in [0.2, 0.25) is 0 Å². The van der Waals surface area contributed by atoms with Crippen molar-refractivity contribution >= 4 is 33.4 Å². The number of hydrogen-bond donors (Lipinski definition) is 1. The van der Waals surface area contributed by atoms with Crippen LogP contribution in [0, 0.1) is 5.92 Å². The molecule has 2 rings (SSSR count). The summed E-state index contributed by atoms with van der Waals surface area (Å²) in [5, 5.41) is 0.498. The molecule has 0 radical (unpaired) electrons. The lowest BCUT2D eigenvalue weighted by Gasteiger charge is -2.32. The summed E-state index contributed by atoms with van der Waals surface area (Å²) in [7, 11) is 0. The Balaban J connectivity index is 2.17. The minimum absolute atomic E-state index is 0.000509. The standard InChI is InChI=1S/C13H16BrClN2O/c14-10-3-4-12(15)11(6-10)13(18)17-5-1-2-9(7-16)8-17/h3-4,6,9H,1-2,5,7-8,16H2. The molecule has 1 aromatic carbocycles. The van der Waals surface area contributed by atoms with Crippen LogP contribution in [0.2, 0.25) is 5.02 Å². The van der Waals surface area contributed by atoms with Gasteiger partial charge in [0.25, 0.3) is 5.91 Å². The van der Waals surface area contributed by atoms with E-state index in [1.807, 2.05) is 11.0 Å². The predicted molar refractivity (Wildman–Crippen MR) is 76.8 cm³/mol. The summed E-state index contributed by atoms with van der Waals surface area (Å²) in [6, 6.07) is 5.35. The number of carbonyl (C=O) groups is 1. The average molecular weight is 332 g/mol. The van der Waals surface area contributed by atoms with E-state index in [0.29, 0.717) is 23.0 Å². The van der Waals surface area contributed by atoms with Crippen LogP contribution in [0.4, 0.5) is 0 Å². The molecule has 1 amide bonds. The van der Waals surface area contributed by atoms with Crippen molar-refractivity contribution in [2.24, 2.45) is 11.7 Å². The van der Waals surface area contributed by atoms with Gasteiger partial charge in [-0.1, -0.05) is 27.5 Å². The molecule has 1 saturated heterocycles. The molecule has 0 aromatic heterocycles. The Morgan fingerprint density at radius 1 is 1.56 bits per heavy atom. The molecule has 1 aliphatic rings. The zero-order valence-electron chi connectivity index (χ0n) is 10.0. The van der Waals surface area contributed by atoms with E-state index in [0.717, 1.165) is 30.4 Å². The minimum Gasteiger partial charge on any atom is -0.338 e. The molecule has 18 heavy (non-hydrogen) atoms. The van der Waals surface area contributed by atoms with Crippen LogP contribution in [0.25, 0.3) is 0 Å². The molecule has 0 saturated carbocycles. The second-order valence-electron chi connectivity index (χ2n) is 4.62. The van der Waals surface area contributed by atoms with Crippen LogP contribution in [0.15, 0.2) is 22.7 Å². The summed E-state index contributed by atoms with van der Waals surface area (Å²) in [5.74, 6) is 0.410. The van der Waals surface area contributed by atoms with Crippen LogP contribution in [-0.4, -0.2) is 30.4 Å². The number of rotatable bonds is 2. The lowest BCUT2D eigenvalue weighted by atomic mass is 9.97. The van der Waals surface area contributed by atoms with Crippen molar-refractivity contribution in [3.63, 3.8) is 0 Å². The van der Waals surface area contributed by atoms with Gasteiger partial charge < -0.3 is 10.6 Å². The first-order chi connectivity index (χ1) is 8.61. The number of nitrogens with two attached hydrogens (primary N) is 1. The second-order valence-corrected chi connectivity index (χ2v) is 5.94. The number of likely N-dealkylation sites (tertiary alicyclic amines) is 1. The number of carbonyl (C=O) groups excluding carboxylic acids is 1. The fourth-order valence-electron chi connectivity index (χ4n) is 2.27. The van der Waals surface area contributed by atoms with Gasteiger partial charge in [0, 0.05) is 17.6 Å². The van der Waals surface area contributed by atoms with Crippen LogP contribution >= 0.6 is 27.5 Å². The maximum absolute atomic E-state index is 12.4. The van der Waals surface area contributed by atoms with Gasteiger partial charge in [-0.3, -0.25) is 4.79 Å². The number of nitrogens with zero attached hydrogens (tertiary/aromatic N) is 1. The van der Waals surface area contributed by atoms with Crippen LogP contribution in [0.5, 0.6) is 0 Å². The Morgan fingerprint density at radius 3 is 3.06 bits per heavy atom. The predicted octanol–water partition coefficient (Wildman–Crippen LogP) is 2.91. The van der Waals surface area contributed by atoms with E-state index in [2.05, 4.69) is 15.9 Å². The van der Waals surface area contributed by atoms with Crippen molar-refractivity contribution in [2.75, 3.05) is 19.6 Å². The SMILES string of the molecule is NCC1CCCN(C(=O)c2cc(Br)ccc2Cl)C1. The van der Waals surface area contributed by atoms with Crippen LogP contribution in [-0.2, 0) is 0 Å². The highest BCUT2D eigenvalue weighted by Gasteiger charge is 2.24. The summed E-state index contributed by atoms with van der Waals surface area (Å²) in [6.45, 7) is 2.16. The number of benzene rings is 1. The van der Waals surface area contributed by atoms with E-state index in [1.165, 1.54) is 0 Å². The van der Waals surface area contributed by atoms with Gasteiger partial charge in [0.1, 0.15) is 0 Å². The molecule has 0 spiro atoms. The highest BCUT2D eigenvalue weighted by molar-refractivity contribution is 9.10. The largest absolute Gasteiger partial charge is 0.338 e. The molecule has 5 heteroatoms. The Kier molecular flexibility index (Phi) is 4.65. The number of piperidine rings is 1. The molecular weight excluding hydrogens is 316 g/mol. The molecule has 1 atom stereocenters. The molecule has 98 valence electrons. The molecule has 3 nitrogen and oxygen atoms in total. The zero-order chi connectivity index (χ0) is 13.1. The van der Waals surface area contributed by atoms with E-state index >= 15 is 0 Å². The van der Waals surface area contributed by atoms with E-state index in [4.69, 9.17) is 17.3 Å². The monoisotopic (exact) mass is 330 g/mol. The highest BCUT2D eigenvalue weighted by atomic mass is 79.9. The number of amides is 1. The maximum Gasteiger partial charge on any atom is 0.255 e. The van der Waals surface area contributed by atoms with E-state index in [9.17, 15) is 4.79 Å². The Hall–Kier alpha value is -0.580. The molecule has 1 unspecified atom stereocenters. The van der Waals surface area contributed by atoms with Crippen LogP contribution in [0.1, 0.15) is 23.2 Å². The highest BCUT2D eigenvalue weighted by Crippen LogP contribution is 2.24. The molecule has 2 N–H and O–H groups in total. The molecule has 0 aliphatic carbocycles.